The maximum Gasteiger partial charge on any atom is 0.266 e. The summed E-state index contributed by atoms with van der Waals surface area (Å²) in [5, 5.41) is 1.24. The Hall–Kier alpha value is -1.46. The van der Waals surface area contributed by atoms with Gasteiger partial charge in [0.15, 0.2) is 5.17 Å². The monoisotopic (exact) mass is 338 g/mol. The predicted molar refractivity (Wildman–Crippen MR) is 93.5 cm³/mol. The lowest BCUT2D eigenvalue weighted by Crippen LogP contribution is -2.23. The van der Waals surface area contributed by atoms with E-state index in [9.17, 15) is 4.79 Å². The first-order valence-electron chi connectivity index (χ1n) is 7.06. The Morgan fingerprint density at radius 3 is 2.77 bits per heavy atom. The van der Waals surface area contributed by atoms with Crippen molar-refractivity contribution in [2.24, 2.45) is 4.99 Å². The second-order valence-corrected chi connectivity index (χ2v) is 6.42. The summed E-state index contributed by atoms with van der Waals surface area (Å²) >= 11 is 7.62. The Labute approximate surface area is 140 Å². The van der Waals surface area contributed by atoms with Gasteiger partial charge >= 0.3 is 0 Å². The Kier molecular flexibility index (Phi) is 5.53. The van der Waals surface area contributed by atoms with Gasteiger partial charge < -0.3 is 4.74 Å². The highest BCUT2D eigenvalue weighted by Gasteiger charge is 2.29. The molecule has 1 aliphatic rings. The van der Waals surface area contributed by atoms with Gasteiger partial charge in [-0.25, -0.2) is 0 Å². The molecule has 1 aromatic rings. The van der Waals surface area contributed by atoms with Crippen molar-refractivity contribution in [2.75, 3.05) is 14.1 Å². The highest BCUT2D eigenvalue weighted by Crippen LogP contribution is 2.33. The van der Waals surface area contributed by atoms with Gasteiger partial charge in [-0.1, -0.05) is 24.6 Å². The van der Waals surface area contributed by atoms with Crippen LogP contribution in [0.1, 0.15) is 25.8 Å². The number of thioether (sulfide) groups is 1. The van der Waals surface area contributed by atoms with E-state index in [1.54, 1.807) is 25.1 Å². The minimum Gasteiger partial charge on any atom is -0.489 e. The molecule has 6 heteroatoms. The first-order chi connectivity index (χ1) is 10.5. The zero-order valence-electron chi connectivity index (χ0n) is 13.1. The Morgan fingerprint density at radius 1 is 1.50 bits per heavy atom. The topological polar surface area (TPSA) is 41.9 Å². The average molecular weight is 339 g/mol. The molecule has 1 fully saturated rings. The van der Waals surface area contributed by atoms with E-state index in [0.29, 0.717) is 20.8 Å². The molecule has 0 aromatic heterocycles. The lowest BCUT2D eigenvalue weighted by Gasteiger charge is -2.14. The smallest absolute Gasteiger partial charge is 0.266 e. The van der Waals surface area contributed by atoms with Gasteiger partial charge in [0, 0.05) is 14.1 Å². The van der Waals surface area contributed by atoms with Gasteiger partial charge in [-0.3, -0.25) is 14.7 Å². The van der Waals surface area contributed by atoms with E-state index in [2.05, 4.69) is 11.9 Å². The number of carbonyl (C=O) groups excluding carboxylic acids is 1. The minimum atomic E-state index is -0.0540. The van der Waals surface area contributed by atoms with E-state index in [0.717, 1.165) is 12.0 Å². The molecule has 0 N–H and O–H groups in total. The van der Waals surface area contributed by atoms with Gasteiger partial charge in [-0.15, -0.1) is 0 Å². The summed E-state index contributed by atoms with van der Waals surface area (Å²) < 4.78 is 5.74. The minimum absolute atomic E-state index is 0.0540. The van der Waals surface area contributed by atoms with Gasteiger partial charge in [0.25, 0.3) is 5.91 Å². The molecule has 22 heavy (non-hydrogen) atoms. The highest BCUT2D eigenvalue weighted by molar-refractivity contribution is 8.18. The molecule has 1 saturated heterocycles. The zero-order valence-corrected chi connectivity index (χ0v) is 14.7. The first-order valence-corrected chi connectivity index (χ1v) is 8.26. The molecule has 0 aliphatic carbocycles. The molecular formula is C16H19ClN2O2S. The Bertz CT molecular complexity index is 643. The summed E-state index contributed by atoms with van der Waals surface area (Å²) in [5.41, 5.74) is 0.864. The van der Waals surface area contributed by atoms with Crippen molar-refractivity contribution in [3.8, 4) is 5.75 Å². The number of ether oxygens (including phenoxy) is 1. The molecular weight excluding hydrogens is 320 g/mol. The molecule has 1 heterocycles. The second-order valence-electron chi connectivity index (χ2n) is 5.01. The number of carbonyl (C=O) groups is 1. The van der Waals surface area contributed by atoms with Crippen molar-refractivity contribution in [2.45, 2.75) is 26.4 Å². The number of amides is 1. The third-order valence-electron chi connectivity index (χ3n) is 3.35. The molecule has 0 spiro atoms. The van der Waals surface area contributed by atoms with E-state index < -0.39 is 0 Å². The number of amidine groups is 1. The van der Waals surface area contributed by atoms with Crippen LogP contribution in [0.25, 0.3) is 6.08 Å². The van der Waals surface area contributed by atoms with Crippen LogP contribution in [0.4, 0.5) is 0 Å². The fraction of sp³-hybridized carbons (Fsp3) is 0.375. The van der Waals surface area contributed by atoms with Crippen molar-refractivity contribution < 1.29 is 9.53 Å². The molecule has 4 nitrogen and oxygen atoms in total. The zero-order chi connectivity index (χ0) is 16.3. The van der Waals surface area contributed by atoms with Gasteiger partial charge in [-0.05, 0) is 48.9 Å². The maximum atomic E-state index is 12.1. The number of likely N-dealkylation sites (N-methyl/N-ethyl adjacent to an activating group) is 1. The number of halogens is 1. The summed E-state index contributed by atoms with van der Waals surface area (Å²) in [4.78, 5) is 18.4. The standard InChI is InChI=1S/C16H19ClN2O2S/c1-5-10(2)21-13-7-6-11(8-12(13)17)9-14-15(20)19(4)16(18-3)22-14/h6-10H,5H2,1-4H3/b14-9+,18-16?/t10-/m0/s1. The van der Waals surface area contributed by atoms with Crippen molar-refractivity contribution in [1.82, 2.24) is 4.90 Å². The van der Waals surface area contributed by atoms with Gasteiger partial charge in [0.05, 0.1) is 16.0 Å². The van der Waals surface area contributed by atoms with E-state index >= 15 is 0 Å². The molecule has 0 unspecified atom stereocenters. The number of nitrogens with zero attached hydrogens (tertiary/aromatic N) is 2. The van der Waals surface area contributed by atoms with Crippen LogP contribution in [-0.4, -0.2) is 36.2 Å². The number of rotatable bonds is 4. The molecule has 1 aliphatic heterocycles. The second kappa shape index (κ2) is 7.20. The lowest BCUT2D eigenvalue weighted by atomic mass is 10.2. The molecule has 0 bridgehead atoms. The van der Waals surface area contributed by atoms with Crippen LogP contribution >= 0.6 is 23.4 Å². The van der Waals surface area contributed by atoms with Crippen LogP contribution in [0.2, 0.25) is 5.02 Å². The number of benzene rings is 1. The third-order valence-corrected chi connectivity index (χ3v) is 4.80. The van der Waals surface area contributed by atoms with E-state index in [1.165, 1.54) is 11.8 Å². The maximum absolute atomic E-state index is 12.1. The van der Waals surface area contributed by atoms with E-state index in [4.69, 9.17) is 16.3 Å². The molecule has 0 saturated carbocycles. The quantitative estimate of drug-likeness (QED) is 0.778. The molecule has 2 rings (SSSR count). The van der Waals surface area contributed by atoms with E-state index in [1.807, 2.05) is 25.1 Å². The van der Waals surface area contributed by atoms with Crippen LogP contribution in [0.3, 0.4) is 0 Å². The number of aliphatic imine (C=N–C) groups is 1. The van der Waals surface area contributed by atoms with Crippen LogP contribution in [-0.2, 0) is 4.79 Å². The Balaban J connectivity index is 2.23. The molecule has 0 radical (unpaired) electrons. The molecule has 1 amide bonds. The highest BCUT2D eigenvalue weighted by atomic mass is 35.5. The van der Waals surface area contributed by atoms with Crippen molar-refractivity contribution in [3.63, 3.8) is 0 Å². The van der Waals surface area contributed by atoms with Crippen LogP contribution < -0.4 is 4.74 Å². The van der Waals surface area contributed by atoms with Crippen LogP contribution in [0.5, 0.6) is 5.75 Å². The number of hydrogen-bond acceptors (Lipinski definition) is 4. The fourth-order valence-electron chi connectivity index (χ4n) is 1.90. The van der Waals surface area contributed by atoms with Crippen LogP contribution in [0.15, 0.2) is 28.1 Å². The number of hydrogen-bond donors (Lipinski definition) is 0. The Morgan fingerprint density at radius 2 is 2.23 bits per heavy atom. The first kappa shape index (κ1) is 16.9. The SMILES string of the molecule is CC[C@H](C)Oc1ccc(/C=C2/SC(=NC)N(C)C2=O)cc1Cl. The fourth-order valence-corrected chi connectivity index (χ4v) is 3.06. The molecule has 1 aromatic carbocycles. The predicted octanol–water partition coefficient (Wildman–Crippen LogP) is 4.05. The van der Waals surface area contributed by atoms with Crippen molar-refractivity contribution >= 4 is 40.5 Å². The average Bonchev–Trinajstić information content (AvgIpc) is 2.77. The van der Waals surface area contributed by atoms with Crippen LogP contribution in [0, 0.1) is 0 Å². The van der Waals surface area contributed by atoms with Crippen molar-refractivity contribution in [1.29, 1.82) is 0 Å². The lowest BCUT2D eigenvalue weighted by molar-refractivity contribution is -0.121. The molecule has 118 valence electrons. The largest absolute Gasteiger partial charge is 0.489 e. The van der Waals surface area contributed by atoms with E-state index in [-0.39, 0.29) is 12.0 Å². The summed E-state index contributed by atoms with van der Waals surface area (Å²) in [6.45, 7) is 4.06. The summed E-state index contributed by atoms with van der Waals surface area (Å²) in [7, 11) is 3.39. The molecule has 1 atom stereocenters. The normalized spacial score (nSPS) is 20.0. The third kappa shape index (κ3) is 3.65. The van der Waals surface area contributed by atoms with Gasteiger partial charge in [0.2, 0.25) is 0 Å². The summed E-state index contributed by atoms with van der Waals surface area (Å²) in [6.07, 6.45) is 2.85. The summed E-state index contributed by atoms with van der Waals surface area (Å²) in [5.74, 6) is 0.609. The van der Waals surface area contributed by atoms with Gasteiger partial charge in [0.1, 0.15) is 5.75 Å². The summed E-state index contributed by atoms with van der Waals surface area (Å²) in [6, 6.07) is 5.54. The van der Waals surface area contributed by atoms with Gasteiger partial charge in [-0.2, -0.15) is 0 Å². The van der Waals surface area contributed by atoms with Crippen molar-refractivity contribution in [3.05, 3.63) is 33.7 Å².